The van der Waals surface area contributed by atoms with Gasteiger partial charge >= 0.3 is 7.12 Å². The van der Waals surface area contributed by atoms with Crippen molar-refractivity contribution in [1.82, 2.24) is 9.97 Å². The summed E-state index contributed by atoms with van der Waals surface area (Å²) >= 11 is 0. The zero-order chi connectivity index (χ0) is 15.2. The van der Waals surface area contributed by atoms with E-state index in [1.165, 1.54) is 0 Å². The van der Waals surface area contributed by atoms with Crippen molar-refractivity contribution in [3.63, 3.8) is 0 Å². The Bertz CT molecular complexity index is 453. The molecule has 0 amide bonds. The molecule has 4 nitrogen and oxygen atoms in total. The average Bonchev–Trinajstić information content (AvgIpc) is 2.47. The third kappa shape index (κ3) is 2.74. The monoisotopic (exact) mass is 276 g/mol. The lowest BCUT2D eigenvalue weighted by molar-refractivity contribution is 0.00578. The van der Waals surface area contributed by atoms with Crippen LogP contribution in [0.25, 0.3) is 0 Å². The van der Waals surface area contributed by atoms with Crippen molar-refractivity contribution in [1.29, 1.82) is 0 Å². The van der Waals surface area contributed by atoms with Crippen LogP contribution in [0.5, 0.6) is 0 Å². The summed E-state index contributed by atoms with van der Waals surface area (Å²) in [4.78, 5) is 8.28. The molecule has 0 radical (unpaired) electrons. The van der Waals surface area contributed by atoms with Gasteiger partial charge in [0.2, 0.25) is 0 Å². The SMILES string of the molecule is CC(C)(C)C(B1OC(C)(C)C(C)(C)O1)c1cncnc1. The number of rotatable bonds is 2. The maximum absolute atomic E-state index is 6.23. The van der Waals surface area contributed by atoms with Gasteiger partial charge in [0.05, 0.1) is 11.2 Å². The zero-order valence-corrected chi connectivity index (χ0v) is 13.6. The summed E-state index contributed by atoms with van der Waals surface area (Å²) in [5, 5.41) is 0. The van der Waals surface area contributed by atoms with Gasteiger partial charge in [-0.3, -0.25) is 0 Å². The van der Waals surface area contributed by atoms with Gasteiger partial charge in [0.15, 0.2) is 0 Å². The molecule has 2 heterocycles. The largest absolute Gasteiger partial charge is 0.466 e. The van der Waals surface area contributed by atoms with E-state index in [4.69, 9.17) is 9.31 Å². The van der Waals surface area contributed by atoms with Crippen molar-refractivity contribution in [3.05, 3.63) is 24.3 Å². The molecule has 5 heteroatoms. The first kappa shape index (κ1) is 15.5. The van der Waals surface area contributed by atoms with Crippen LogP contribution in [-0.2, 0) is 9.31 Å². The predicted molar refractivity (Wildman–Crippen MR) is 80.3 cm³/mol. The van der Waals surface area contributed by atoms with Crippen LogP contribution in [0.2, 0.25) is 0 Å². The molecule has 0 aromatic carbocycles. The van der Waals surface area contributed by atoms with Crippen LogP contribution in [-0.4, -0.2) is 28.3 Å². The molecule has 1 aromatic rings. The van der Waals surface area contributed by atoms with Crippen LogP contribution >= 0.6 is 0 Å². The normalized spacial score (nSPS) is 22.9. The lowest BCUT2D eigenvalue weighted by atomic mass is 9.57. The zero-order valence-electron chi connectivity index (χ0n) is 13.6. The summed E-state index contributed by atoms with van der Waals surface area (Å²) < 4.78 is 12.5. The summed E-state index contributed by atoms with van der Waals surface area (Å²) in [7, 11) is -0.286. The van der Waals surface area contributed by atoms with E-state index in [2.05, 4.69) is 58.4 Å². The van der Waals surface area contributed by atoms with Gasteiger partial charge in [0.25, 0.3) is 0 Å². The highest BCUT2D eigenvalue weighted by molar-refractivity contribution is 6.47. The first-order valence-corrected chi connectivity index (χ1v) is 7.15. The molecule has 1 fully saturated rings. The summed E-state index contributed by atoms with van der Waals surface area (Å²) in [5.41, 5.74) is 0.401. The first-order chi connectivity index (χ1) is 9.05. The maximum Gasteiger partial charge on any atom is 0.466 e. The minimum Gasteiger partial charge on any atom is -0.403 e. The lowest BCUT2D eigenvalue weighted by Crippen LogP contribution is -2.41. The summed E-state index contributed by atoms with van der Waals surface area (Å²) in [6, 6.07) is 0. The standard InChI is InChI=1S/C15H25BN2O2/c1-13(2,3)12(11-8-17-10-18-9-11)16-19-14(4,5)15(6,7)20-16/h8-10,12H,1-7H3. The van der Waals surface area contributed by atoms with Crippen molar-refractivity contribution in [2.45, 2.75) is 65.5 Å². The maximum atomic E-state index is 6.23. The Morgan fingerprint density at radius 3 is 1.85 bits per heavy atom. The van der Waals surface area contributed by atoms with Gasteiger partial charge in [-0.15, -0.1) is 0 Å². The molecule has 20 heavy (non-hydrogen) atoms. The molecule has 0 aliphatic carbocycles. The fourth-order valence-corrected chi connectivity index (χ4v) is 2.56. The molecule has 110 valence electrons. The van der Waals surface area contributed by atoms with Crippen molar-refractivity contribution in [2.24, 2.45) is 5.41 Å². The van der Waals surface area contributed by atoms with Gasteiger partial charge in [-0.25, -0.2) is 9.97 Å². The topological polar surface area (TPSA) is 44.2 Å². The average molecular weight is 276 g/mol. The third-order valence-corrected chi connectivity index (χ3v) is 4.42. The number of hydrogen-bond acceptors (Lipinski definition) is 4. The summed E-state index contributed by atoms with van der Waals surface area (Å²) in [6.45, 7) is 14.9. The Balaban J connectivity index is 2.36. The first-order valence-electron chi connectivity index (χ1n) is 7.15. The van der Waals surface area contributed by atoms with Gasteiger partial charge in [0, 0.05) is 18.2 Å². The Labute approximate surface area is 122 Å². The van der Waals surface area contributed by atoms with E-state index in [-0.39, 0.29) is 29.6 Å². The Hall–Kier alpha value is -0.935. The van der Waals surface area contributed by atoms with Gasteiger partial charge in [-0.2, -0.15) is 0 Å². The van der Waals surface area contributed by atoms with Crippen LogP contribution in [0.1, 0.15) is 59.8 Å². The molecular formula is C15H25BN2O2. The number of nitrogens with zero attached hydrogens (tertiary/aromatic N) is 2. The number of hydrogen-bond donors (Lipinski definition) is 0. The molecule has 2 rings (SSSR count). The van der Waals surface area contributed by atoms with Crippen LogP contribution < -0.4 is 0 Å². The van der Waals surface area contributed by atoms with Crippen LogP contribution in [0, 0.1) is 5.41 Å². The lowest BCUT2D eigenvalue weighted by Gasteiger charge is -2.32. The van der Waals surface area contributed by atoms with Gasteiger partial charge in [0.1, 0.15) is 6.33 Å². The molecule has 1 saturated heterocycles. The highest BCUT2D eigenvalue weighted by atomic mass is 16.7. The van der Waals surface area contributed by atoms with Crippen molar-refractivity contribution in [2.75, 3.05) is 0 Å². The van der Waals surface area contributed by atoms with Gasteiger partial charge < -0.3 is 9.31 Å². The van der Waals surface area contributed by atoms with Gasteiger partial charge in [-0.1, -0.05) is 20.8 Å². The number of aromatic nitrogens is 2. The fourth-order valence-electron chi connectivity index (χ4n) is 2.56. The minimum absolute atomic E-state index is 0.00806. The quantitative estimate of drug-likeness (QED) is 0.778. The van der Waals surface area contributed by atoms with Crippen molar-refractivity contribution >= 4 is 7.12 Å². The molecule has 0 spiro atoms. The van der Waals surface area contributed by atoms with E-state index < -0.39 is 0 Å². The third-order valence-electron chi connectivity index (χ3n) is 4.42. The molecule has 1 aromatic heterocycles. The summed E-state index contributed by atoms with van der Waals surface area (Å²) in [6.07, 6.45) is 5.26. The fraction of sp³-hybridized carbons (Fsp3) is 0.733. The highest BCUT2D eigenvalue weighted by Crippen LogP contribution is 2.46. The van der Waals surface area contributed by atoms with Crippen LogP contribution in [0.15, 0.2) is 18.7 Å². The van der Waals surface area contributed by atoms with E-state index in [0.29, 0.717) is 0 Å². The smallest absolute Gasteiger partial charge is 0.403 e. The molecule has 0 bridgehead atoms. The molecule has 1 atom stereocenters. The van der Waals surface area contributed by atoms with E-state index in [0.717, 1.165) is 5.56 Å². The second kappa shape index (κ2) is 4.81. The second-order valence-electron chi connectivity index (χ2n) is 7.64. The van der Waals surface area contributed by atoms with Gasteiger partial charge in [-0.05, 0) is 38.7 Å². The highest BCUT2D eigenvalue weighted by Gasteiger charge is 2.56. The molecular weight excluding hydrogens is 251 g/mol. The molecule has 1 aliphatic heterocycles. The molecule has 1 unspecified atom stereocenters. The molecule has 0 N–H and O–H groups in total. The predicted octanol–water partition coefficient (Wildman–Crippen LogP) is 3.24. The van der Waals surface area contributed by atoms with E-state index in [1.54, 1.807) is 6.33 Å². The molecule has 1 aliphatic rings. The van der Waals surface area contributed by atoms with Crippen molar-refractivity contribution in [3.8, 4) is 0 Å². The van der Waals surface area contributed by atoms with E-state index >= 15 is 0 Å². The van der Waals surface area contributed by atoms with Crippen LogP contribution in [0.4, 0.5) is 0 Å². The van der Waals surface area contributed by atoms with Crippen molar-refractivity contribution < 1.29 is 9.31 Å². The Kier molecular flexibility index (Phi) is 3.72. The Morgan fingerprint density at radius 1 is 1.00 bits per heavy atom. The van der Waals surface area contributed by atoms with Crippen LogP contribution in [0.3, 0.4) is 0 Å². The summed E-state index contributed by atoms with van der Waals surface area (Å²) in [5.74, 6) is 0.0877. The van der Waals surface area contributed by atoms with E-state index in [1.807, 2.05) is 12.4 Å². The second-order valence-corrected chi connectivity index (χ2v) is 7.64. The van der Waals surface area contributed by atoms with E-state index in [9.17, 15) is 0 Å². The molecule has 0 saturated carbocycles. The Morgan fingerprint density at radius 2 is 1.45 bits per heavy atom. The minimum atomic E-state index is -0.323.